The highest BCUT2D eigenvalue weighted by Gasteiger charge is 2.23. The van der Waals surface area contributed by atoms with Crippen LogP contribution >= 0.6 is 0 Å². The first-order valence-corrected chi connectivity index (χ1v) is 6.14. The number of rotatable bonds is 2. The van der Waals surface area contributed by atoms with Gasteiger partial charge >= 0.3 is 0 Å². The molecule has 0 spiro atoms. The number of aromatic nitrogens is 2. The Morgan fingerprint density at radius 1 is 1.37 bits per heavy atom. The number of nitriles is 1. The Morgan fingerprint density at radius 2 is 2.26 bits per heavy atom. The van der Waals surface area contributed by atoms with E-state index in [1.807, 2.05) is 18.2 Å². The molecule has 5 heteroatoms. The molecule has 1 heterocycles. The van der Waals surface area contributed by atoms with Crippen molar-refractivity contribution in [3.63, 3.8) is 0 Å². The van der Waals surface area contributed by atoms with Crippen LogP contribution in [0.5, 0.6) is 0 Å². The van der Waals surface area contributed by atoms with Crippen molar-refractivity contribution in [1.82, 2.24) is 10.2 Å². The maximum atomic E-state index is 9.05. The molecule has 0 fully saturated rings. The fourth-order valence-corrected chi connectivity index (χ4v) is 2.48. The highest BCUT2D eigenvalue weighted by molar-refractivity contribution is 5.54. The van der Waals surface area contributed by atoms with Crippen LogP contribution in [-0.4, -0.2) is 10.2 Å². The van der Waals surface area contributed by atoms with Gasteiger partial charge in [0.2, 0.25) is 0 Å². The molecule has 1 atom stereocenters. The van der Waals surface area contributed by atoms with Crippen LogP contribution < -0.4 is 11.1 Å². The van der Waals surface area contributed by atoms with Crippen LogP contribution in [0.1, 0.15) is 29.2 Å². The fourth-order valence-electron chi connectivity index (χ4n) is 2.48. The van der Waals surface area contributed by atoms with Gasteiger partial charge < -0.3 is 11.1 Å². The zero-order valence-electron chi connectivity index (χ0n) is 10.3. The number of hydrogen-bond donors (Lipinski definition) is 2. The van der Waals surface area contributed by atoms with Crippen LogP contribution in [0.2, 0.25) is 0 Å². The van der Waals surface area contributed by atoms with Crippen molar-refractivity contribution in [3.8, 4) is 6.07 Å². The van der Waals surface area contributed by atoms with Gasteiger partial charge in [-0.2, -0.15) is 10.4 Å². The summed E-state index contributed by atoms with van der Waals surface area (Å²) in [5.74, 6) is 0.541. The van der Waals surface area contributed by atoms with E-state index in [0.717, 1.165) is 18.5 Å². The van der Waals surface area contributed by atoms with Crippen LogP contribution in [0.4, 0.5) is 11.5 Å². The molecule has 0 radical (unpaired) electrons. The monoisotopic (exact) mass is 251 g/mol. The van der Waals surface area contributed by atoms with Crippen molar-refractivity contribution in [2.45, 2.75) is 18.9 Å². The first kappa shape index (κ1) is 11.5. The largest absolute Gasteiger partial charge is 0.399 e. The number of hydrogen-bond acceptors (Lipinski definition) is 5. The highest BCUT2D eigenvalue weighted by atomic mass is 15.2. The van der Waals surface area contributed by atoms with Gasteiger partial charge in [-0.25, -0.2) is 0 Å². The Bertz CT molecular complexity index is 659. The third-order valence-corrected chi connectivity index (χ3v) is 3.40. The van der Waals surface area contributed by atoms with Crippen molar-refractivity contribution < 1.29 is 0 Å². The maximum Gasteiger partial charge on any atom is 0.167 e. The molecule has 5 nitrogen and oxygen atoms in total. The molecular formula is C14H13N5. The average molecular weight is 251 g/mol. The number of nitrogens with one attached hydrogen (secondary N) is 1. The molecule has 0 saturated heterocycles. The van der Waals surface area contributed by atoms with Gasteiger partial charge in [-0.15, -0.1) is 5.10 Å². The van der Waals surface area contributed by atoms with Gasteiger partial charge in [-0.3, -0.25) is 0 Å². The van der Waals surface area contributed by atoms with Crippen LogP contribution in [0.25, 0.3) is 0 Å². The molecular weight excluding hydrogens is 238 g/mol. The number of benzene rings is 1. The topological polar surface area (TPSA) is 87.6 Å². The Kier molecular flexibility index (Phi) is 2.76. The maximum absolute atomic E-state index is 9.05. The molecule has 1 aliphatic carbocycles. The lowest BCUT2D eigenvalue weighted by molar-refractivity contribution is 0.752. The minimum atomic E-state index is 0.166. The Hall–Kier alpha value is -2.61. The summed E-state index contributed by atoms with van der Waals surface area (Å²) in [5.41, 5.74) is 9.58. The molecule has 3 N–H and O–H groups in total. The third-order valence-electron chi connectivity index (χ3n) is 3.40. The summed E-state index contributed by atoms with van der Waals surface area (Å²) in [6.45, 7) is 0. The van der Waals surface area contributed by atoms with Gasteiger partial charge in [-0.05, 0) is 42.2 Å². The summed E-state index contributed by atoms with van der Waals surface area (Å²) in [6, 6.07) is 9.90. The van der Waals surface area contributed by atoms with E-state index in [-0.39, 0.29) is 6.04 Å². The van der Waals surface area contributed by atoms with Gasteiger partial charge in [0.25, 0.3) is 0 Å². The molecule has 1 unspecified atom stereocenters. The molecule has 1 aromatic heterocycles. The summed E-state index contributed by atoms with van der Waals surface area (Å²) in [5, 5.41) is 20.2. The van der Waals surface area contributed by atoms with Crippen LogP contribution in [0.15, 0.2) is 30.5 Å². The first-order chi connectivity index (χ1) is 9.28. The van der Waals surface area contributed by atoms with Gasteiger partial charge in [0.15, 0.2) is 5.82 Å². The molecule has 0 amide bonds. The Balaban J connectivity index is 1.89. The van der Waals surface area contributed by atoms with E-state index in [4.69, 9.17) is 11.0 Å². The predicted octanol–water partition coefficient (Wildman–Crippen LogP) is 2.03. The molecule has 0 saturated carbocycles. The van der Waals surface area contributed by atoms with Crippen LogP contribution in [-0.2, 0) is 6.42 Å². The summed E-state index contributed by atoms with van der Waals surface area (Å²) in [7, 11) is 0. The quantitative estimate of drug-likeness (QED) is 0.797. The molecule has 1 aromatic carbocycles. The second-order valence-electron chi connectivity index (χ2n) is 4.60. The van der Waals surface area contributed by atoms with Crippen molar-refractivity contribution in [1.29, 1.82) is 5.26 Å². The van der Waals surface area contributed by atoms with Gasteiger partial charge in [-0.1, -0.05) is 6.07 Å². The lowest BCUT2D eigenvalue weighted by atomic mass is 10.1. The van der Waals surface area contributed by atoms with Gasteiger partial charge in [0, 0.05) is 5.69 Å². The van der Waals surface area contributed by atoms with Crippen LogP contribution in [0.3, 0.4) is 0 Å². The minimum absolute atomic E-state index is 0.166. The zero-order valence-corrected chi connectivity index (χ0v) is 10.3. The molecule has 19 heavy (non-hydrogen) atoms. The normalized spacial score (nSPS) is 16.7. The second kappa shape index (κ2) is 4.58. The molecule has 0 aliphatic heterocycles. The molecule has 2 aromatic rings. The zero-order chi connectivity index (χ0) is 13.2. The highest BCUT2D eigenvalue weighted by Crippen LogP contribution is 2.34. The summed E-state index contributed by atoms with van der Waals surface area (Å²) in [6.07, 6.45) is 3.48. The minimum Gasteiger partial charge on any atom is -0.399 e. The van der Waals surface area contributed by atoms with E-state index < -0.39 is 0 Å². The first-order valence-electron chi connectivity index (χ1n) is 6.14. The molecule has 94 valence electrons. The number of anilines is 2. The van der Waals surface area contributed by atoms with E-state index >= 15 is 0 Å². The van der Waals surface area contributed by atoms with E-state index in [1.54, 1.807) is 6.07 Å². The summed E-state index contributed by atoms with van der Waals surface area (Å²) in [4.78, 5) is 0. The van der Waals surface area contributed by atoms with Gasteiger partial charge in [0.1, 0.15) is 6.07 Å². The van der Waals surface area contributed by atoms with Crippen molar-refractivity contribution in [2.24, 2.45) is 0 Å². The number of aryl methyl sites for hydroxylation is 1. The lowest BCUT2D eigenvalue weighted by Crippen LogP contribution is -2.10. The number of nitrogens with zero attached hydrogens (tertiary/aromatic N) is 3. The van der Waals surface area contributed by atoms with E-state index in [9.17, 15) is 0 Å². The van der Waals surface area contributed by atoms with Crippen molar-refractivity contribution in [2.75, 3.05) is 11.1 Å². The predicted molar refractivity (Wildman–Crippen MR) is 72.3 cm³/mol. The number of nitrogen functional groups attached to an aromatic ring is 1. The Labute approximate surface area is 111 Å². The van der Waals surface area contributed by atoms with Gasteiger partial charge in [0.05, 0.1) is 17.8 Å². The van der Waals surface area contributed by atoms with E-state index in [0.29, 0.717) is 11.4 Å². The number of nitrogens with two attached hydrogens (primary N) is 1. The molecule has 1 aliphatic rings. The standard InChI is InChI=1S/C14H13N5/c15-8-10-5-6-17-19-14(10)18-13-4-1-9-7-11(16)2-3-12(9)13/h2-3,5-7,13H,1,4,16H2,(H,18,19). The van der Waals surface area contributed by atoms with Crippen LogP contribution in [0, 0.1) is 11.3 Å². The molecule has 3 rings (SSSR count). The second-order valence-corrected chi connectivity index (χ2v) is 4.60. The number of fused-ring (bicyclic) bond motifs is 1. The lowest BCUT2D eigenvalue weighted by Gasteiger charge is -2.15. The Morgan fingerprint density at radius 3 is 3.11 bits per heavy atom. The smallest absolute Gasteiger partial charge is 0.167 e. The SMILES string of the molecule is N#Cc1ccnnc1NC1CCc2cc(N)ccc21. The van der Waals surface area contributed by atoms with E-state index in [2.05, 4.69) is 21.6 Å². The summed E-state index contributed by atoms with van der Waals surface area (Å²) >= 11 is 0. The average Bonchev–Trinajstić information content (AvgIpc) is 2.82. The fraction of sp³-hybridized carbons (Fsp3) is 0.214. The summed E-state index contributed by atoms with van der Waals surface area (Å²) < 4.78 is 0. The molecule has 0 bridgehead atoms. The van der Waals surface area contributed by atoms with Crippen molar-refractivity contribution >= 4 is 11.5 Å². The van der Waals surface area contributed by atoms with E-state index in [1.165, 1.54) is 17.3 Å². The third kappa shape index (κ3) is 2.08. The van der Waals surface area contributed by atoms with Crippen molar-refractivity contribution in [3.05, 3.63) is 47.2 Å².